The number of para-hydroxylation sites is 1. The van der Waals surface area contributed by atoms with E-state index < -0.39 is 0 Å². The minimum atomic E-state index is -0.0927. The summed E-state index contributed by atoms with van der Waals surface area (Å²) in [4.78, 5) is 12.6. The lowest BCUT2D eigenvalue weighted by atomic mass is 10.1. The fraction of sp³-hybridized carbons (Fsp3) is 0.158. The Kier molecular flexibility index (Phi) is 4.51. The van der Waals surface area contributed by atoms with Gasteiger partial charge in [0.2, 0.25) is 5.91 Å². The summed E-state index contributed by atoms with van der Waals surface area (Å²) in [5.41, 5.74) is 3.91. The number of nitrogens with one attached hydrogen (secondary N) is 1. The molecule has 0 aliphatic carbocycles. The molecule has 4 rings (SSSR count). The van der Waals surface area contributed by atoms with Crippen LogP contribution in [-0.4, -0.2) is 15.7 Å². The zero-order valence-electron chi connectivity index (χ0n) is 13.4. The Balaban J connectivity index is 1.64. The van der Waals surface area contributed by atoms with Gasteiger partial charge >= 0.3 is 0 Å². The molecule has 0 saturated heterocycles. The Morgan fingerprint density at radius 3 is 2.68 bits per heavy atom. The number of hydrogen-bond acceptors (Lipinski definition) is 3. The largest absolute Gasteiger partial charge is 0.310 e. The van der Waals surface area contributed by atoms with E-state index in [0.717, 1.165) is 39.8 Å². The molecule has 0 saturated carbocycles. The summed E-state index contributed by atoms with van der Waals surface area (Å²) in [6.07, 6.45) is 0.238. The third-order valence-electron chi connectivity index (χ3n) is 4.12. The summed E-state index contributed by atoms with van der Waals surface area (Å²) in [6, 6.07) is 17.3. The van der Waals surface area contributed by atoms with E-state index in [1.165, 1.54) is 0 Å². The summed E-state index contributed by atoms with van der Waals surface area (Å²) < 4.78 is 1.83. The highest BCUT2D eigenvalue weighted by Crippen LogP contribution is 2.36. The number of benzene rings is 2. The van der Waals surface area contributed by atoms with Gasteiger partial charge in [0, 0.05) is 22.1 Å². The Bertz CT molecular complexity index is 924. The summed E-state index contributed by atoms with van der Waals surface area (Å²) in [6.45, 7) is 0. The van der Waals surface area contributed by atoms with Crippen molar-refractivity contribution in [3.63, 3.8) is 0 Å². The molecule has 1 aromatic heterocycles. The van der Waals surface area contributed by atoms with Crippen molar-refractivity contribution >= 4 is 35.1 Å². The number of carbonyl (C=O) groups excluding carboxylic acids is 1. The number of anilines is 1. The monoisotopic (exact) mass is 369 g/mol. The molecule has 3 aromatic rings. The van der Waals surface area contributed by atoms with Crippen molar-refractivity contribution in [3.8, 4) is 5.69 Å². The lowest BCUT2D eigenvalue weighted by molar-refractivity contribution is -0.115. The van der Waals surface area contributed by atoms with Crippen LogP contribution in [-0.2, 0) is 22.7 Å². The van der Waals surface area contributed by atoms with Crippen molar-refractivity contribution in [3.05, 3.63) is 76.4 Å². The quantitative estimate of drug-likeness (QED) is 0.738. The number of hydrogen-bond donors (Lipinski definition) is 1. The molecule has 0 radical (unpaired) electrons. The lowest BCUT2D eigenvalue weighted by Crippen LogP contribution is -2.18. The second-order valence-corrected chi connectivity index (χ2v) is 7.22. The molecule has 0 atom stereocenters. The van der Waals surface area contributed by atoms with Crippen LogP contribution in [0.1, 0.15) is 16.8 Å². The molecule has 0 bridgehead atoms. The van der Waals surface area contributed by atoms with Gasteiger partial charge in [-0.05, 0) is 23.8 Å². The number of halogens is 1. The summed E-state index contributed by atoms with van der Waals surface area (Å²) in [5.74, 6) is 2.42. The standard InChI is InChI=1S/C19H16ClN3OS/c20-16-9-5-4-6-13(16)10-18(24)21-19-15-11-25-12-17(15)22-23(19)14-7-2-1-3-8-14/h1-9H,10-12H2,(H,21,24). The van der Waals surface area contributed by atoms with Crippen molar-refractivity contribution < 1.29 is 4.79 Å². The average Bonchev–Trinajstić information content (AvgIpc) is 3.20. The zero-order chi connectivity index (χ0) is 17.2. The zero-order valence-corrected chi connectivity index (χ0v) is 15.0. The van der Waals surface area contributed by atoms with E-state index in [2.05, 4.69) is 5.32 Å². The Morgan fingerprint density at radius 1 is 1.12 bits per heavy atom. The minimum Gasteiger partial charge on any atom is -0.310 e. The molecule has 0 fully saturated rings. The first-order chi connectivity index (χ1) is 12.2. The van der Waals surface area contributed by atoms with Gasteiger partial charge in [0.25, 0.3) is 0 Å². The lowest BCUT2D eigenvalue weighted by Gasteiger charge is -2.11. The second-order valence-electron chi connectivity index (χ2n) is 5.83. The normalized spacial score (nSPS) is 12.8. The molecule has 1 aliphatic rings. The van der Waals surface area contributed by atoms with E-state index in [-0.39, 0.29) is 12.3 Å². The fourth-order valence-corrected chi connectivity index (χ4v) is 4.13. The molecule has 2 aromatic carbocycles. The van der Waals surface area contributed by atoms with Gasteiger partial charge < -0.3 is 5.32 Å². The maximum atomic E-state index is 12.6. The van der Waals surface area contributed by atoms with Gasteiger partial charge in [-0.1, -0.05) is 48.0 Å². The van der Waals surface area contributed by atoms with Crippen LogP contribution < -0.4 is 5.32 Å². The van der Waals surface area contributed by atoms with Crippen molar-refractivity contribution in [2.45, 2.75) is 17.9 Å². The van der Waals surface area contributed by atoms with Crippen LogP contribution in [0, 0.1) is 0 Å². The molecule has 1 aliphatic heterocycles. The first-order valence-corrected chi connectivity index (χ1v) is 9.53. The number of fused-ring (bicyclic) bond motifs is 1. The van der Waals surface area contributed by atoms with Gasteiger partial charge in [-0.2, -0.15) is 16.9 Å². The SMILES string of the molecule is O=C(Cc1ccccc1Cl)Nc1c2c(nn1-c1ccccc1)CSC2. The van der Waals surface area contributed by atoms with Crippen LogP contribution in [0.15, 0.2) is 54.6 Å². The second kappa shape index (κ2) is 6.94. The van der Waals surface area contributed by atoms with Crippen LogP contribution in [0.3, 0.4) is 0 Å². The van der Waals surface area contributed by atoms with Crippen molar-refractivity contribution in [2.75, 3.05) is 5.32 Å². The minimum absolute atomic E-state index is 0.0927. The molecule has 1 amide bonds. The van der Waals surface area contributed by atoms with Crippen molar-refractivity contribution in [2.24, 2.45) is 0 Å². The summed E-state index contributed by atoms with van der Waals surface area (Å²) >= 11 is 7.98. The summed E-state index contributed by atoms with van der Waals surface area (Å²) in [7, 11) is 0. The van der Waals surface area contributed by atoms with E-state index in [9.17, 15) is 4.79 Å². The number of amides is 1. The molecule has 0 spiro atoms. The van der Waals surface area contributed by atoms with Crippen molar-refractivity contribution in [1.29, 1.82) is 0 Å². The number of rotatable bonds is 4. The number of aromatic nitrogens is 2. The highest BCUT2D eigenvalue weighted by atomic mass is 35.5. The Morgan fingerprint density at radius 2 is 1.88 bits per heavy atom. The smallest absolute Gasteiger partial charge is 0.230 e. The number of nitrogens with zero attached hydrogens (tertiary/aromatic N) is 2. The van der Waals surface area contributed by atoms with Crippen LogP contribution in [0.2, 0.25) is 5.02 Å². The predicted octanol–water partition coefficient (Wildman–Crippen LogP) is 4.45. The van der Waals surface area contributed by atoms with E-state index >= 15 is 0 Å². The van der Waals surface area contributed by atoms with Crippen LogP contribution in [0.5, 0.6) is 0 Å². The van der Waals surface area contributed by atoms with Crippen LogP contribution in [0.25, 0.3) is 5.69 Å². The maximum absolute atomic E-state index is 12.6. The molecule has 2 heterocycles. The Hall–Kier alpha value is -2.24. The molecule has 25 heavy (non-hydrogen) atoms. The highest BCUT2D eigenvalue weighted by molar-refractivity contribution is 7.98. The molecule has 6 heteroatoms. The van der Waals surface area contributed by atoms with Gasteiger partial charge in [0.1, 0.15) is 5.82 Å². The molecule has 1 N–H and O–H groups in total. The van der Waals surface area contributed by atoms with E-state index in [0.29, 0.717) is 5.02 Å². The molecule has 4 nitrogen and oxygen atoms in total. The fourth-order valence-electron chi connectivity index (χ4n) is 2.89. The molecular formula is C19H16ClN3OS. The summed E-state index contributed by atoms with van der Waals surface area (Å²) in [5, 5.41) is 8.35. The average molecular weight is 370 g/mol. The first kappa shape index (κ1) is 16.2. The van der Waals surface area contributed by atoms with Crippen LogP contribution in [0.4, 0.5) is 5.82 Å². The third kappa shape index (κ3) is 3.30. The molecule has 126 valence electrons. The van der Waals surface area contributed by atoms with Crippen molar-refractivity contribution in [1.82, 2.24) is 9.78 Å². The number of carbonyl (C=O) groups is 1. The van der Waals surface area contributed by atoms with E-state index in [1.54, 1.807) is 6.07 Å². The van der Waals surface area contributed by atoms with E-state index in [4.69, 9.17) is 16.7 Å². The third-order valence-corrected chi connectivity index (χ3v) is 5.46. The topological polar surface area (TPSA) is 46.9 Å². The van der Waals surface area contributed by atoms with Gasteiger partial charge in [-0.25, -0.2) is 4.68 Å². The maximum Gasteiger partial charge on any atom is 0.230 e. The highest BCUT2D eigenvalue weighted by Gasteiger charge is 2.24. The van der Waals surface area contributed by atoms with Gasteiger partial charge in [0.05, 0.1) is 17.8 Å². The van der Waals surface area contributed by atoms with Gasteiger partial charge in [-0.3, -0.25) is 4.79 Å². The van der Waals surface area contributed by atoms with Gasteiger partial charge in [-0.15, -0.1) is 0 Å². The molecular weight excluding hydrogens is 354 g/mol. The Labute approximate surface area is 155 Å². The van der Waals surface area contributed by atoms with E-state index in [1.807, 2.05) is 65.0 Å². The molecule has 0 unspecified atom stereocenters. The number of thioether (sulfide) groups is 1. The van der Waals surface area contributed by atoms with Crippen LogP contribution >= 0.6 is 23.4 Å². The van der Waals surface area contributed by atoms with Gasteiger partial charge in [0.15, 0.2) is 0 Å². The first-order valence-electron chi connectivity index (χ1n) is 7.99. The predicted molar refractivity (Wildman–Crippen MR) is 102 cm³/mol.